The molecule has 1 aliphatic rings. The Morgan fingerprint density at radius 2 is 2.33 bits per heavy atom. The van der Waals surface area contributed by atoms with Crippen molar-refractivity contribution in [1.82, 2.24) is 5.32 Å². The lowest BCUT2D eigenvalue weighted by atomic mass is 9.96. The average Bonchev–Trinajstić information content (AvgIpc) is 2.11. The Balaban J connectivity index is 2.39. The summed E-state index contributed by atoms with van der Waals surface area (Å²) >= 11 is 0. The van der Waals surface area contributed by atoms with Gasteiger partial charge in [-0.2, -0.15) is 0 Å². The fraction of sp³-hybridized carbons (Fsp3) is 0.625. The molecule has 0 amide bonds. The molecule has 12 heavy (non-hydrogen) atoms. The van der Waals surface area contributed by atoms with Gasteiger partial charge in [0.25, 0.3) is 0 Å². The molecule has 0 heterocycles. The highest BCUT2D eigenvalue weighted by Crippen LogP contribution is 2.17. The number of nitrogens with two attached hydrogens (primary N) is 1. The van der Waals surface area contributed by atoms with Crippen molar-refractivity contribution in [3.8, 4) is 0 Å². The van der Waals surface area contributed by atoms with E-state index < -0.39 is 6.10 Å². The predicted molar refractivity (Wildman–Crippen MR) is 45.1 cm³/mol. The van der Waals surface area contributed by atoms with Gasteiger partial charge in [0.2, 0.25) is 5.78 Å². The van der Waals surface area contributed by atoms with Crippen LogP contribution in [0.5, 0.6) is 0 Å². The highest BCUT2D eigenvalue weighted by Gasteiger charge is 2.35. The Morgan fingerprint density at radius 1 is 1.67 bits per heavy atom. The number of hydrogen-bond acceptors (Lipinski definition) is 4. The second-order valence-electron chi connectivity index (χ2n) is 2.88. The third-order valence-electron chi connectivity index (χ3n) is 1.91. The van der Waals surface area contributed by atoms with Gasteiger partial charge in [-0.1, -0.05) is 13.3 Å². The molecule has 4 N–H and O–H groups in total. The normalized spacial score (nSPS) is 22.5. The van der Waals surface area contributed by atoms with Crippen molar-refractivity contribution in [2.24, 2.45) is 5.73 Å². The second kappa shape index (κ2) is 3.58. The molecule has 0 aromatic heterocycles. The summed E-state index contributed by atoms with van der Waals surface area (Å²) in [6, 6.07) is 0. The summed E-state index contributed by atoms with van der Waals surface area (Å²) in [5.41, 5.74) is 6.06. The quantitative estimate of drug-likeness (QED) is 0.497. The van der Waals surface area contributed by atoms with Crippen LogP contribution in [0.15, 0.2) is 11.4 Å². The molecule has 68 valence electrons. The van der Waals surface area contributed by atoms with Gasteiger partial charge >= 0.3 is 0 Å². The maximum atomic E-state index is 10.9. The van der Waals surface area contributed by atoms with E-state index in [1.54, 1.807) is 0 Å². The Morgan fingerprint density at radius 3 is 2.83 bits per heavy atom. The van der Waals surface area contributed by atoms with E-state index in [0.29, 0.717) is 5.70 Å². The molecule has 1 atom stereocenters. The number of carbonyl (C=O) groups is 1. The summed E-state index contributed by atoms with van der Waals surface area (Å²) in [5, 5.41) is 11.8. The first-order valence-corrected chi connectivity index (χ1v) is 4.14. The molecule has 0 fully saturated rings. The molecule has 1 unspecified atom stereocenters. The van der Waals surface area contributed by atoms with E-state index in [1.807, 2.05) is 0 Å². The van der Waals surface area contributed by atoms with Crippen LogP contribution in [0.3, 0.4) is 0 Å². The SMILES string of the molecule is CCCCNC1=C(N)C(O)C1=O. The standard InChI is InChI=1S/C8H14N2O2/c1-2-3-4-10-6-5(9)7(11)8(6)12/h7,10-11H,2-4,9H2,1H3. The number of nitrogens with one attached hydrogen (secondary N) is 1. The number of Topliss-reactive ketones (excluding diaryl/α,β-unsaturated/α-hetero) is 1. The number of hydrogen-bond donors (Lipinski definition) is 3. The van der Waals surface area contributed by atoms with Crippen LogP contribution in [-0.4, -0.2) is 23.5 Å². The van der Waals surface area contributed by atoms with Gasteiger partial charge in [0.15, 0.2) is 6.10 Å². The number of aliphatic hydroxyl groups excluding tert-OH is 1. The Labute approximate surface area is 71.4 Å². The van der Waals surface area contributed by atoms with E-state index in [9.17, 15) is 4.79 Å². The largest absolute Gasteiger partial charge is 0.398 e. The van der Waals surface area contributed by atoms with Crippen LogP contribution >= 0.6 is 0 Å². The highest BCUT2D eigenvalue weighted by atomic mass is 16.3. The molecule has 4 heteroatoms. The summed E-state index contributed by atoms with van der Waals surface area (Å²) in [7, 11) is 0. The van der Waals surface area contributed by atoms with Gasteiger partial charge in [0.1, 0.15) is 5.70 Å². The molecule has 0 aliphatic heterocycles. The molecule has 4 nitrogen and oxygen atoms in total. The molecule has 0 spiro atoms. The van der Waals surface area contributed by atoms with E-state index in [1.165, 1.54) is 0 Å². The zero-order valence-corrected chi connectivity index (χ0v) is 7.13. The fourth-order valence-corrected chi connectivity index (χ4v) is 1.06. The first-order chi connectivity index (χ1) is 5.68. The van der Waals surface area contributed by atoms with Crippen LogP contribution < -0.4 is 11.1 Å². The molecular formula is C8H14N2O2. The van der Waals surface area contributed by atoms with Crippen molar-refractivity contribution in [2.75, 3.05) is 6.54 Å². The third kappa shape index (κ3) is 1.43. The Bertz CT molecular complexity index is 223. The molecule has 0 saturated heterocycles. The molecule has 0 radical (unpaired) electrons. The van der Waals surface area contributed by atoms with Crippen LogP contribution in [0.1, 0.15) is 19.8 Å². The second-order valence-corrected chi connectivity index (χ2v) is 2.88. The molecule has 0 aromatic rings. The third-order valence-corrected chi connectivity index (χ3v) is 1.91. The fourth-order valence-electron chi connectivity index (χ4n) is 1.06. The number of ketones is 1. The number of unbranched alkanes of at least 4 members (excludes halogenated alkanes) is 1. The van der Waals surface area contributed by atoms with Crippen molar-refractivity contribution in [1.29, 1.82) is 0 Å². The molecule has 0 bridgehead atoms. The number of aliphatic hydroxyl groups is 1. The summed E-state index contributed by atoms with van der Waals surface area (Å²) < 4.78 is 0. The summed E-state index contributed by atoms with van der Waals surface area (Å²) in [4.78, 5) is 10.9. The lowest BCUT2D eigenvalue weighted by Gasteiger charge is -2.25. The van der Waals surface area contributed by atoms with Gasteiger partial charge in [-0.15, -0.1) is 0 Å². The highest BCUT2D eigenvalue weighted by molar-refractivity contribution is 6.07. The summed E-state index contributed by atoms with van der Waals surface area (Å²) in [6.07, 6.45) is 1.01. The maximum Gasteiger partial charge on any atom is 0.215 e. The average molecular weight is 170 g/mol. The van der Waals surface area contributed by atoms with E-state index in [4.69, 9.17) is 10.8 Å². The molecule has 0 aromatic carbocycles. The Hall–Kier alpha value is -1.03. The van der Waals surface area contributed by atoms with E-state index >= 15 is 0 Å². The summed E-state index contributed by atoms with van der Waals surface area (Å²) in [6.45, 7) is 2.81. The van der Waals surface area contributed by atoms with Crippen molar-refractivity contribution < 1.29 is 9.90 Å². The van der Waals surface area contributed by atoms with Crippen molar-refractivity contribution >= 4 is 5.78 Å². The van der Waals surface area contributed by atoms with Gasteiger partial charge in [-0.3, -0.25) is 4.79 Å². The molecule has 1 aliphatic carbocycles. The van der Waals surface area contributed by atoms with E-state index in [-0.39, 0.29) is 11.5 Å². The van der Waals surface area contributed by atoms with Gasteiger partial charge < -0.3 is 16.2 Å². The minimum atomic E-state index is -1.06. The summed E-state index contributed by atoms with van der Waals surface area (Å²) in [5.74, 6) is -0.288. The lowest BCUT2D eigenvalue weighted by molar-refractivity contribution is -0.125. The first kappa shape index (κ1) is 9.06. The monoisotopic (exact) mass is 170 g/mol. The van der Waals surface area contributed by atoms with Gasteiger partial charge in [-0.05, 0) is 6.42 Å². The van der Waals surface area contributed by atoms with Crippen molar-refractivity contribution in [2.45, 2.75) is 25.9 Å². The zero-order valence-electron chi connectivity index (χ0n) is 7.13. The van der Waals surface area contributed by atoms with Crippen LogP contribution in [-0.2, 0) is 4.79 Å². The van der Waals surface area contributed by atoms with Crippen molar-refractivity contribution in [3.63, 3.8) is 0 Å². The minimum absolute atomic E-state index is 0.274. The number of carbonyl (C=O) groups excluding carboxylic acids is 1. The van der Waals surface area contributed by atoms with Crippen LogP contribution in [0.2, 0.25) is 0 Å². The molecular weight excluding hydrogens is 156 g/mol. The topological polar surface area (TPSA) is 75.3 Å². The van der Waals surface area contributed by atoms with Gasteiger partial charge in [0.05, 0.1) is 5.70 Å². The smallest absolute Gasteiger partial charge is 0.215 e. The maximum absolute atomic E-state index is 10.9. The molecule has 0 saturated carbocycles. The number of rotatable bonds is 4. The van der Waals surface area contributed by atoms with Crippen LogP contribution in [0.4, 0.5) is 0 Å². The zero-order chi connectivity index (χ0) is 9.14. The minimum Gasteiger partial charge on any atom is -0.398 e. The van der Waals surface area contributed by atoms with Crippen molar-refractivity contribution in [3.05, 3.63) is 11.4 Å². The van der Waals surface area contributed by atoms with Gasteiger partial charge in [0, 0.05) is 6.54 Å². The van der Waals surface area contributed by atoms with E-state index in [2.05, 4.69) is 12.2 Å². The first-order valence-electron chi connectivity index (χ1n) is 4.14. The van der Waals surface area contributed by atoms with Crippen LogP contribution in [0.25, 0.3) is 0 Å². The van der Waals surface area contributed by atoms with E-state index in [0.717, 1.165) is 19.4 Å². The van der Waals surface area contributed by atoms with Gasteiger partial charge in [-0.25, -0.2) is 0 Å². The lowest BCUT2D eigenvalue weighted by Crippen LogP contribution is -2.46. The molecule has 1 rings (SSSR count). The predicted octanol–water partition coefficient (Wildman–Crippen LogP) is -0.510. The van der Waals surface area contributed by atoms with Crippen LogP contribution in [0, 0.1) is 0 Å². The Kier molecular flexibility index (Phi) is 2.70.